The number of likely N-dealkylation sites (tertiary alicyclic amines) is 1. The number of hydrogen-bond acceptors (Lipinski definition) is 3. The van der Waals surface area contributed by atoms with Crippen molar-refractivity contribution in [2.75, 3.05) is 19.6 Å². The fourth-order valence-corrected chi connectivity index (χ4v) is 6.06. The van der Waals surface area contributed by atoms with Crippen LogP contribution >= 0.6 is 11.6 Å². The van der Waals surface area contributed by atoms with Crippen molar-refractivity contribution in [1.82, 2.24) is 19.9 Å². The third kappa shape index (κ3) is 5.50. The Hall–Kier alpha value is -2.17. The van der Waals surface area contributed by atoms with Crippen LogP contribution in [0, 0.1) is 5.92 Å². The first kappa shape index (κ1) is 22.6. The van der Waals surface area contributed by atoms with Crippen molar-refractivity contribution >= 4 is 11.6 Å². The zero-order valence-corrected chi connectivity index (χ0v) is 20.2. The molecule has 1 atom stereocenters. The maximum atomic E-state index is 6.37. The SMILES string of the molecule is Clc1ccc2c(c1)CCc1cccnc1C2C1CCN(CCCCCCc2c[nH]cn2)CC1. The van der Waals surface area contributed by atoms with Crippen LogP contribution in [0.25, 0.3) is 0 Å². The first-order chi connectivity index (χ1) is 16.3. The number of hydrogen-bond donors (Lipinski definition) is 1. The quantitative estimate of drug-likeness (QED) is 0.405. The number of nitrogens with zero attached hydrogens (tertiary/aromatic N) is 3. The second kappa shape index (κ2) is 10.8. The monoisotopic (exact) mass is 462 g/mol. The number of aryl methyl sites for hydroxylation is 3. The normalized spacial score (nSPS) is 19.1. The lowest BCUT2D eigenvalue weighted by Gasteiger charge is -2.36. The fourth-order valence-electron chi connectivity index (χ4n) is 5.86. The summed E-state index contributed by atoms with van der Waals surface area (Å²) in [5, 5.41) is 0.852. The highest BCUT2D eigenvalue weighted by molar-refractivity contribution is 6.30. The largest absolute Gasteiger partial charge is 0.351 e. The van der Waals surface area contributed by atoms with E-state index in [-0.39, 0.29) is 0 Å². The zero-order chi connectivity index (χ0) is 22.5. The molecule has 5 rings (SSSR count). The number of rotatable bonds is 8. The first-order valence-electron chi connectivity index (χ1n) is 12.7. The Morgan fingerprint density at radius 2 is 1.82 bits per heavy atom. The lowest BCUT2D eigenvalue weighted by Crippen LogP contribution is -2.36. The lowest BCUT2D eigenvalue weighted by atomic mass is 9.76. The summed E-state index contributed by atoms with van der Waals surface area (Å²) < 4.78 is 0. The van der Waals surface area contributed by atoms with Crippen molar-refractivity contribution in [1.29, 1.82) is 0 Å². The number of imidazole rings is 1. The number of fused-ring (bicyclic) bond motifs is 2. The van der Waals surface area contributed by atoms with E-state index >= 15 is 0 Å². The molecule has 1 saturated heterocycles. The van der Waals surface area contributed by atoms with E-state index in [2.05, 4.69) is 45.2 Å². The Labute approximate surface area is 202 Å². The molecular weight excluding hydrogens is 428 g/mol. The van der Waals surface area contributed by atoms with Crippen LogP contribution in [-0.2, 0) is 19.3 Å². The van der Waals surface area contributed by atoms with Crippen LogP contribution in [0.5, 0.6) is 0 Å². The van der Waals surface area contributed by atoms with Crippen LogP contribution in [0.2, 0.25) is 5.02 Å². The van der Waals surface area contributed by atoms with Gasteiger partial charge in [-0.1, -0.05) is 36.6 Å². The maximum Gasteiger partial charge on any atom is 0.0923 e. The van der Waals surface area contributed by atoms with Gasteiger partial charge in [-0.3, -0.25) is 4.98 Å². The highest BCUT2D eigenvalue weighted by atomic mass is 35.5. The minimum atomic E-state index is 0.403. The zero-order valence-electron chi connectivity index (χ0n) is 19.5. The maximum absolute atomic E-state index is 6.37. The summed E-state index contributed by atoms with van der Waals surface area (Å²) in [7, 11) is 0. The number of H-pyrrole nitrogens is 1. The van der Waals surface area contributed by atoms with Gasteiger partial charge in [0, 0.05) is 23.3 Å². The summed E-state index contributed by atoms with van der Waals surface area (Å²) >= 11 is 6.37. The molecule has 174 valence electrons. The smallest absolute Gasteiger partial charge is 0.0923 e. The van der Waals surface area contributed by atoms with Gasteiger partial charge in [0.25, 0.3) is 0 Å². The number of pyridine rings is 1. The van der Waals surface area contributed by atoms with Crippen LogP contribution in [0.15, 0.2) is 49.1 Å². The Morgan fingerprint density at radius 3 is 2.67 bits per heavy atom. The van der Waals surface area contributed by atoms with Gasteiger partial charge in [0.05, 0.1) is 17.7 Å². The molecule has 2 aliphatic rings. The predicted molar refractivity (Wildman–Crippen MR) is 135 cm³/mol. The Balaban J connectivity index is 1.16. The van der Waals surface area contributed by atoms with Crippen molar-refractivity contribution in [3.63, 3.8) is 0 Å². The van der Waals surface area contributed by atoms with Crippen molar-refractivity contribution in [3.8, 4) is 0 Å². The highest BCUT2D eigenvalue weighted by Crippen LogP contribution is 2.42. The van der Waals surface area contributed by atoms with Gasteiger partial charge in [-0.05, 0) is 105 Å². The van der Waals surface area contributed by atoms with Crippen molar-refractivity contribution in [2.45, 2.75) is 63.7 Å². The molecule has 1 aliphatic carbocycles. The van der Waals surface area contributed by atoms with E-state index in [0.29, 0.717) is 11.8 Å². The standard InChI is InChI=1S/C28H35ClN4/c29-24-10-11-26-23(18-24)9-8-22-6-5-14-31-28(22)27(26)21-12-16-33(17-13-21)15-4-2-1-3-7-25-19-30-20-32-25/h5-6,10-11,14,18-21,27H,1-4,7-9,12-13,15-17H2,(H,30,32). The molecule has 1 aliphatic heterocycles. The van der Waals surface area contributed by atoms with Gasteiger partial charge in [-0.25, -0.2) is 4.98 Å². The van der Waals surface area contributed by atoms with E-state index in [1.807, 2.05) is 12.4 Å². The Kier molecular flexibility index (Phi) is 7.43. The molecule has 1 fully saturated rings. The van der Waals surface area contributed by atoms with Gasteiger partial charge in [0.2, 0.25) is 0 Å². The third-order valence-electron chi connectivity index (χ3n) is 7.64. The molecule has 33 heavy (non-hydrogen) atoms. The summed E-state index contributed by atoms with van der Waals surface area (Å²) in [6, 6.07) is 10.9. The topological polar surface area (TPSA) is 44.8 Å². The van der Waals surface area contributed by atoms with E-state index in [1.54, 1.807) is 6.33 Å². The van der Waals surface area contributed by atoms with Crippen molar-refractivity contribution in [3.05, 3.63) is 82.2 Å². The fraction of sp³-hybridized carbons (Fsp3) is 0.500. The molecule has 0 spiro atoms. The summed E-state index contributed by atoms with van der Waals surface area (Å²) in [5.74, 6) is 1.06. The molecule has 0 bridgehead atoms. The second-order valence-corrected chi connectivity index (χ2v) is 10.2. The van der Waals surface area contributed by atoms with Crippen LogP contribution in [0.1, 0.15) is 72.5 Å². The minimum Gasteiger partial charge on any atom is -0.351 e. The summed E-state index contributed by atoms with van der Waals surface area (Å²) in [5.41, 5.74) is 6.81. The van der Waals surface area contributed by atoms with Crippen molar-refractivity contribution < 1.29 is 0 Å². The minimum absolute atomic E-state index is 0.403. The molecule has 4 nitrogen and oxygen atoms in total. The number of nitrogens with one attached hydrogen (secondary N) is 1. The number of aromatic nitrogens is 3. The van der Waals surface area contributed by atoms with Gasteiger partial charge in [0.1, 0.15) is 0 Å². The van der Waals surface area contributed by atoms with Crippen LogP contribution in [-0.4, -0.2) is 39.5 Å². The van der Waals surface area contributed by atoms with Crippen LogP contribution in [0.3, 0.4) is 0 Å². The number of aromatic amines is 1. The number of piperidine rings is 1. The van der Waals surface area contributed by atoms with Crippen molar-refractivity contribution in [2.24, 2.45) is 5.92 Å². The van der Waals surface area contributed by atoms with E-state index in [0.717, 1.165) is 24.3 Å². The molecule has 1 unspecified atom stereocenters. The molecule has 2 aromatic heterocycles. The average molecular weight is 463 g/mol. The Bertz CT molecular complexity index is 1020. The molecular formula is C28H35ClN4. The van der Waals surface area contributed by atoms with Gasteiger partial charge in [0.15, 0.2) is 0 Å². The second-order valence-electron chi connectivity index (χ2n) is 9.77. The molecule has 5 heteroatoms. The lowest BCUT2D eigenvalue weighted by molar-refractivity contribution is 0.171. The number of benzene rings is 1. The highest BCUT2D eigenvalue weighted by Gasteiger charge is 2.33. The predicted octanol–water partition coefficient (Wildman–Crippen LogP) is 6.20. The molecule has 0 amide bonds. The van der Waals surface area contributed by atoms with Gasteiger partial charge < -0.3 is 9.88 Å². The molecule has 1 N–H and O–H groups in total. The van der Waals surface area contributed by atoms with Crippen LogP contribution < -0.4 is 0 Å². The van der Waals surface area contributed by atoms with Gasteiger partial charge in [-0.15, -0.1) is 0 Å². The van der Waals surface area contributed by atoms with E-state index in [1.165, 1.54) is 86.2 Å². The summed E-state index contributed by atoms with van der Waals surface area (Å²) in [6.45, 7) is 3.65. The number of unbranched alkanes of at least 4 members (excludes halogenated alkanes) is 3. The molecule has 1 aromatic carbocycles. The molecule has 0 saturated carbocycles. The molecule has 0 radical (unpaired) electrons. The Morgan fingerprint density at radius 1 is 0.970 bits per heavy atom. The molecule has 3 aromatic rings. The average Bonchev–Trinajstić information content (AvgIpc) is 3.30. The van der Waals surface area contributed by atoms with Gasteiger partial charge in [-0.2, -0.15) is 0 Å². The van der Waals surface area contributed by atoms with E-state index < -0.39 is 0 Å². The van der Waals surface area contributed by atoms with E-state index in [9.17, 15) is 0 Å². The van der Waals surface area contributed by atoms with Gasteiger partial charge >= 0.3 is 0 Å². The summed E-state index contributed by atoms with van der Waals surface area (Å²) in [6.07, 6.45) is 16.7. The van der Waals surface area contributed by atoms with Crippen LogP contribution in [0.4, 0.5) is 0 Å². The molecule has 3 heterocycles. The third-order valence-corrected chi connectivity index (χ3v) is 7.88. The first-order valence-corrected chi connectivity index (χ1v) is 13.1. The number of halogens is 1. The summed E-state index contributed by atoms with van der Waals surface area (Å²) in [4.78, 5) is 15.0. The van der Waals surface area contributed by atoms with E-state index in [4.69, 9.17) is 16.6 Å².